The average molecular weight is 694 g/mol. The maximum absolute atomic E-state index is 5.10. The molecule has 0 bridgehead atoms. The average Bonchev–Trinajstić information content (AvgIpc) is 3.76. The van der Waals surface area contributed by atoms with Gasteiger partial charge in [-0.1, -0.05) is 103 Å². The first kappa shape index (κ1) is 29.7. The normalized spacial score (nSPS) is 11.8. The first-order valence-corrected chi connectivity index (χ1v) is 18.4. The van der Waals surface area contributed by atoms with Crippen molar-refractivity contribution in [2.75, 3.05) is 0 Å². The van der Waals surface area contributed by atoms with Crippen LogP contribution >= 0.6 is 11.3 Å². The fourth-order valence-electron chi connectivity index (χ4n) is 7.25. The van der Waals surface area contributed by atoms with E-state index in [4.69, 9.17) is 19.9 Å². The molecule has 0 atom stereocenters. The number of rotatable bonds is 6. The summed E-state index contributed by atoms with van der Waals surface area (Å²) in [5.74, 6) is 1.92. The molecule has 1 aliphatic carbocycles. The van der Waals surface area contributed by atoms with Gasteiger partial charge in [-0.25, -0.2) is 19.9 Å². The second-order valence-corrected chi connectivity index (χ2v) is 14.3. The number of para-hydroxylation sites is 1. The molecular weight excluding hydrogens is 667 g/mol. The van der Waals surface area contributed by atoms with E-state index in [1.54, 1.807) is 11.3 Å². The molecule has 0 saturated heterocycles. The molecule has 11 rings (SSSR count). The Kier molecular flexibility index (Phi) is 6.61. The molecule has 0 N–H and O–H groups in total. The number of thiazole rings is 1. The van der Waals surface area contributed by atoms with Crippen LogP contribution < -0.4 is 10.4 Å². The van der Waals surface area contributed by atoms with Crippen molar-refractivity contribution in [2.24, 2.45) is 0 Å². The Morgan fingerprint density at radius 1 is 0.415 bits per heavy atom. The first-order valence-electron chi connectivity index (χ1n) is 17.6. The number of nitrogens with zero attached hydrogens (tertiary/aromatic N) is 5. The molecular formula is C47H27N5S. The van der Waals surface area contributed by atoms with Crippen molar-refractivity contribution in [1.82, 2.24) is 24.5 Å². The van der Waals surface area contributed by atoms with E-state index < -0.39 is 0 Å². The molecule has 0 radical (unpaired) electrons. The van der Waals surface area contributed by atoms with Crippen molar-refractivity contribution in [2.45, 2.75) is 0 Å². The third-order valence-electron chi connectivity index (χ3n) is 9.93. The quantitative estimate of drug-likeness (QED) is 0.174. The van der Waals surface area contributed by atoms with E-state index in [0.717, 1.165) is 43.2 Å². The molecule has 7 aromatic carbocycles. The Morgan fingerprint density at radius 2 is 1.06 bits per heavy atom. The van der Waals surface area contributed by atoms with Crippen LogP contribution in [-0.2, 0) is 0 Å². The summed E-state index contributed by atoms with van der Waals surface area (Å²) in [6.07, 6.45) is 0. The van der Waals surface area contributed by atoms with Crippen LogP contribution in [-0.4, -0.2) is 24.5 Å². The lowest BCUT2D eigenvalue weighted by molar-refractivity contribution is 1.07. The minimum atomic E-state index is 0.632. The lowest BCUT2D eigenvalue weighted by Crippen LogP contribution is -2.05. The topological polar surface area (TPSA) is 56.5 Å². The first-order chi connectivity index (χ1) is 26.2. The summed E-state index contributed by atoms with van der Waals surface area (Å²) in [7, 11) is 0. The predicted octanol–water partition coefficient (Wildman–Crippen LogP) is 9.98. The maximum atomic E-state index is 5.10. The third kappa shape index (κ3) is 5.16. The van der Waals surface area contributed by atoms with Gasteiger partial charge in [-0.05, 0) is 71.8 Å². The largest absolute Gasteiger partial charge is 0.309 e. The van der Waals surface area contributed by atoms with Crippen LogP contribution in [0.5, 0.6) is 0 Å². The van der Waals surface area contributed by atoms with Crippen molar-refractivity contribution in [1.29, 1.82) is 0 Å². The second kappa shape index (κ2) is 11.8. The summed E-state index contributed by atoms with van der Waals surface area (Å²) >= 11 is 1.68. The molecule has 0 aliphatic heterocycles. The van der Waals surface area contributed by atoms with Crippen molar-refractivity contribution in [3.05, 3.63) is 174 Å². The van der Waals surface area contributed by atoms with Gasteiger partial charge in [-0.2, -0.15) is 0 Å². The Hall–Kier alpha value is -6.98. The highest BCUT2D eigenvalue weighted by molar-refractivity contribution is 7.21. The van der Waals surface area contributed by atoms with Gasteiger partial charge >= 0.3 is 0 Å². The van der Waals surface area contributed by atoms with E-state index in [0.29, 0.717) is 17.5 Å². The smallest absolute Gasteiger partial charge is 0.164 e. The van der Waals surface area contributed by atoms with E-state index in [2.05, 4.69) is 113 Å². The van der Waals surface area contributed by atoms with Gasteiger partial charge in [0.1, 0.15) is 5.01 Å². The van der Waals surface area contributed by atoms with Gasteiger partial charge in [0.25, 0.3) is 0 Å². The van der Waals surface area contributed by atoms with Gasteiger partial charge < -0.3 is 4.57 Å². The zero-order valence-electron chi connectivity index (χ0n) is 28.2. The van der Waals surface area contributed by atoms with E-state index in [-0.39, 0.29) is 0 Å². The van der Waals surface area contributed by atoms with Crippen LogP contribution in [0.2, 0.25) is 0 Å². The van der Waals surface area contributed by atoms with Crippen LogP contribution in [0.3, 0.4) is 0 Å². The van der Waals surface area contributed by atoms with Crippen LogP contribution in [0.15, 0.2) is 164 Å². The SMILES string of the molecule is C1=c2ccc(-c3ccc4c(c3)c3ccccc3n4-c3cccc(-c4nc5ccc(-c6nc(-c7ccccc7)nc(-c7ccccc7)n6)cc5s4)c3)cc2=1. The van der Waals surface area contributed by atoms with Gasteiger partial charge in [-0.15, -0.1) is 17.1 Å². The van der Waals surface area contributed by atoms with E-state index in [9.17, 15) is 0 Å². The van der Waals surface area contributed by atoms with Crippen LogP contribution in [0.4, 0.5) is 0 Å². The molecule has 246 valence electrons. The van der Waals surface area contributed by atoms with Crippen LogP contribution in [0, 0.1) is 0 Å². The zero-order chi connectivity index (χ0) is 34.9. The highest BCUT2D eigenvalue weighted by atomic mass is 32.1. The minimum Gasteiger partial charge on any atom is -0.309 e. The molecule has 10 aromatic rings. The van der Waals surface area contributed by atoms with Crippen molar-refractivity contribution < 1.29 is 0 Å². The summed E-state index contributed by atoms with van der Waals surface area (Å²) in [5.41, 5.74) is 14.0. The zero-order valence-corrected chi connectivity index (χ0v) is 29.0. The minimum absolute atomic E-state index is 0.632. The fourth-order valence-corrected chi connectivity index (χ4v) is 8.25. The third-order valence-corrected chi connectivity index (χ3v) is 11.0. The number of hydrogen-bond donors (Lipinski definition) is 0. The molecule has 3 heterocycles. The molecule has 53 heavy (non-hydrogen) atoms. The molecule has 0 unspecified atom stereocenters. The van der Waals surface area contributed by atoms with Gasteiger partial charge in [0.15, 0.2) is 17.5 Å². The van der Waals surface area contributed by atoms with Crippen LogP contribution in [0.25, 0.3) is 99.3 Å². The molecule has 0 saturated carbocycles. The van der Waals surface area contributed by atoms with E-state index in [1.165, 1.54) is 43.4 Å². The monoisotopic (exact) mass is 693 g/mol. The van der Waals surface area contributed by atoms with Crippen molar-refractivity contribution in [3.63, 3.8) is 0 Å². The second-order valence-electron chi connectivity index (χ2n) is 13.3. The van der Waals surface area contributed by atoms with Crippen molar-refractivity contribution in [3.8, 4) is 61.5 Å². The predicted molar refractivity (Wildman–Crippen MR) is 216 cm³/mol. The lowest BCUT2D eigenvalue weighted by Gasteiger charge is -2.09. The van der Waals surface area contributed by atoms with Gasteiger partial charge in [-0.3, -0.25) is 0 Å². The van der Waals surface area contributed by atoms with E-state index >= 15 is 0 Å². The number of fused-ring (bicyclic) bond motifs is 5. The fraction of sp³-hybridized carbons (Fsp3) is 0. The Bertz CT molecular complexity index is 3160. The summed E-state index contributed by atoms with van der Waals surface area (Å²) in [6.45, 7) is 0. The summed E-state index contributed by atoms with van der Waals surface area (Å²) in [4.78, 5) is 19.9. The number of benzene rings is 7. The number of hydrogen-bond acceptors (Lipinski definition) is 5. The Labute approximate surface area is 308 Å². The maximum Gasteiger partial charge on any atom is 0.164 e. The Morgan fingerprint density at radius 3 is 1.83 bits per heavy atom. The Balaban J connectivity index is 0.990. The highest BCUT2D eigenvalue weighted by Crippen LogP contribution is 2.38. The van der Waals surface area contributed by atoms with Gasteiger partial charge in [0.05, 0.1) is 21.3 Å². The lowest BCUT2D eigenvalue weighted by atomic mass is 10.0. The summed E-state index contributed by atoms with van der Waals surface area (Å²) < 4.78 is 3.44. The molecule has 0 amide bonds. The molecule has 3 aromatic heterocycles. The van der Waals surface area contributed by atoms with Gasteiger partial charge in [0.2, 0.25) is 0 Å². The molecule has 6 heteroatoms. The molecule has 5 nitrogen and oxygen atoms in total. The van der Waals surface area contributed by atoms with E-state index in [1.807, 2.05) is 60.7 Å². The van der Waals surface area contributed by atoms with Crippen molar-refractivity contribution >= 4 is 49.1 Å². The van der Waals surface area contributed by atoms with Gasteiger partial charge in [0, 0.05) is 49.2 Å². The highest BCUT2D eigenvalue weighted by Gasteiger charge is 2.17. The summed E-state index contributed by atoms with van der Waals surface area (Å²) in [6, 6.07) is 57.2. The standard InChI is InChI=1S/C47H27N5S/c1-3-10-29(11-4-1)44-49-45(30-12-5-2-6-13-30)51-46(50-44)34-20-22-40-43(28-34)53-47(48-40)35-14-9-15-37(26-35)52-41-17-8-7-16-38(41)39-27-33(21-23-42(39)52)31-18-19-32-25-36(32)24-31/h1-24,26-28H. The molecule has 0 spiro atoms. The molecule has 0 fully saturated rings. The van der Waals surface area contributed by atoms with Crippen LogP contribution in [0.1, 0.15) is 0 Å². The molecule has 1 aliphatic rings. The number of aromatic nitrogens is 5. The summed E-state index contributed by atoms with van der Waals surface area (Å²) in [5, 5.41) is 5.87.